The zero-order valence-electron chi connectivity index (χ0n) is 28.5. The van der Waals surface area contributed by atoms with Gasteiger partial charge in [0.15, 0.2) is 5.82 Å². The molecule has 10 rings (SSSR count). The Morgan fingerprint density at radius 3 is 1.71 bits per heavy atom. The second-order valence-electron chi connectivity index (χ2n) is 14.1. The highest BCUT2D eigenvalue weighted by molar-refractivity contribution is 7.99. The number of rotatable bonds is 3. The third-order valence-electron chi connectivity index (χ3n) is 11.0. The second-order valence-corrected chi connectivity index (χ2v) is 15.2. The first kappa shape index (κ1) is 30.1. The molecule has 0 N–H and O–H groups in total. The molecular formula is C48H34N2S. The molecule has 0 radical (unpaired) electrons. The van der Waals surface area contributed by atoms with Crippen molar-refractivity contribution in [3.05, 3.63) is 203 Å². The fourth-order valence-electron chi connectivity index (χ4n) is 8.69. The van der Waals surface area contributed by atoms with Crippen LogP contribution in [0.25, 0.3) is 44.7 Å². The van der Waals surface area contributed by atoms with Gasteiger partial charge in [0.2, 0.25) is 0 Å². The smallest absolute Gasteiger partial charge is 0.161 e. The summed E-state index contributed by atoms with van der Waals surface area (Å²) < 4.78 is 0. The van der Waals surface area contributed by atoms with E-state index in [0.29, 0.717) is 0 Å². The minimum atomic E-state index is -0.497. The standard InChI is InChI=1S/C48H34N2S/c1-47(2)36-19-7-9-21-38(36)48(39-22-10-8-20-37(39)47)40-23-11-13-26-43(40)51-45-35(18-14-24-41(45)48)46-49-42-25-12-6-17-34(42)44(50-46)33-29-27-32(28-30-33)31-15-4-3-5-16-31/h3-30H,1-2H3. The maximum atomic E-state index is 5.43. The molecule has 0 atom stereocenters. The predicted octanol–water partition coefficient (Wildman–Crippen LogP) is 12.1. The van der Waals surface area contributed by atoms with E-state index in [-0.39, 0.29) is 5.41 Å². The molecule has 7 aromatic carbocycles. The van der Waals surface area contributed by atoms with E-state index in [2.05, 4.69) is 184 Å². The maximum Gasteiger partial charge on any atom is 0.161 e. The van der Waals surface area contributed by atoms with E-state index >= 15 is 0 Å². The van der Waals surface area contributed by atoms with E-state index in [1.807, 2.05) is 11.8 Å². The van der Waals surface area contributed by atoms with Crippen LogP contribution in [0.3, 0.4) is 0 Å². The molecule has 0 fully saturated rings. The Bertz CT molecular complexity index is 2590. The molecule has 0 bridgehead atoms. The van der Waals surface area contributed by atoms with Gasteiger partial charge in [-0.1, -0.05) is 183 Å². The first-order valence-electron chi connectivity index (χ1n) is 17.6. The minimum absolute atomic E-state index is 0.151. The minimum Gasteiger partial charge on any atom is -0.228 e. The zero-order valence-corrected chi connectivity index (χ0v) is 29.3. The molecule has 2 heterocycles. The molecule has 0 unspecified atom stereocenters. The third-order valence-corrected chi connectivity index (χ3v) is 12.3. The van der Waals surface area contributed by atoms with Crippen molar-refractivity contribution in [1.82, 2.24) is 9.97 Å². The van der Waals surface area contributed by atoms with Gasteiger partial charge in [-0.2, -0.15) is 0 Å². The van der Waals surface area contributed by atoms with Crippen LogP contribution in [0.2, 0.25) is 0 Å². The Hall–Kier alpha value is -5.77. The molecule has 3 heteroatoms. The lowest BCUT2D eigenvalue weighted by atomic mass is 9.54. The normalized spacial score (nSPS) is 14.7. The van der Waals surface area contributed by atoms with Crippen LogP contribution in [0.15, 0.2) is 180 Å². The molecule has 51 heavy (non-hydrogen) atoms. The van der Waals surface area contributed by atoms with E-state index in [9.17, 15) is 0 Å². The Morgan fingerprint density at radius 2 is 0.980 bits per heavy atom. The monoisotopic (exact) mass is 670 g/mol. The van der Waals surface area contributed by atoms with Crippen molar-refractivity contribution >= 4 is 22.7 Å². The summed E-state index contributed by atoms with van der Waals surface area (Å²) in [7, 11) is 0. The summed E-state index contributed by atoms with van der Waals surface area (Å²) in [5.74, 6) is 0.743. The summed E-state index contributed by atoms with van der Waals surface area (Å²) in [6.45, 7) is 4.74. The van der Waals surface area contributed by atoms with Crippen LogP contribution in [-0.2, 0) is 10.8 Å². The van der Waals surface area contributed by atoms with Gasteiger partial charge in [-0.3, -0.25) is 0 Å². The summed E-state index contributed by atoms with van der Waals surface area (Å²) in [4.78, 5) is 13.2. The molecule has 1 aliphatic carbocycles. The molecule has 8 aromatic rings. The fraction of sp³-hybridized carbons (Fsp3) is 0.0833. The molecule has 0 saturated heterocycles. The van der Waals surface area contributed by atoms with Crippen LogP contribution in [-0.4, -0.2) is 9.97 Å². The summed E-state index contributed by atoms with van der Waals surface area (Å²) in [6.07, 6.45) is 0. The van der Waals surface area contributed by atoms with Crippen molar-refractivity contribution in [1.29, 1.82) is 0 Å². The largest absolute Gasteiger partial charge is 0.228 e. The highest BCUT2D eigenvalue weighted by Crippen LogP contribution is 2.62. The molecule has 2 aliphatic rings. The van der Waals surface area contributed by atoms with Crippen LogP contribution < -0.4 is 0 Å². The number of aromatic nitrogens is 2. The third kappa shape index (κ3) is 4.38. The molecule has 1 aliphatic heterocycles. The van der Waals surface area contributed by atoms with Gasteiger partial charge in [0, 0.05) is 31.7 Å². The second kappa shape index (κ2) is 11.4. The van der Waals surface area contributed by atoms with Gasteiger partial charge in [0.1, 0.15) is 0 Å². The first-order chi connectivity index (χ1) is 25.0. The highest BCUT2D eigenvalue weighted by atomic mass is 32.2. The van der Waals surface area contributed by atoms with Crippen LogP contribution in [0, 0.1) is 0 Å². The number of para-hydroxylation sites is 1. The van der Waals surface area contributed by atoms with Gasteiger partial charge < -0.3 is 0 Å². The van der Waals surface area contributed by atoms with Crippen molar-refractivity contribution in [2.24, 2.45) is 0 Å². The number of hydrogen-bond donors (Lipinski definition) is 0. The van der Waals surface area contributed by atoms with Crippen LogP contribution >= 0.6 is 11.8 Å². The van der Waals surface area contributed by atoms with Gasteiger partial charge >= 0.3 is 0 Å². The zero-order chi connectivity index (χ0) is 34.2. The SMILES string of the molecule is CC1(C)c2ccccc2C2(c3ccccc3Sc3c(-c4nc(-c5ccc(-c6ccccc6)cc5)c5ccccc5n4)cccc32)c2ccccc21. The number of fused-ring (bicyclic) bond motifs is 9. The van der Waals surface area contributed by atoms with Gasteiger partial charge in [-0.15, -0.1) is 0 Å². The topological polar surface area (TPSA) is 25.8 Å². The lowest BCUT2D eigenvalue weighted by molar-refractivity contribution is 0.549. The molecule has 2 nitrogen and oxygen atoms in total. The summed E-state index contributed by atoms with van der Waals surface area (Å²) in [5.41, 5.74) is 13.8. The molecular weight excluding hydrogens is 637 g/mol. The lowest BCUT2D eigenvalue weighted by Gasteiger charge is -2.50. The van der Waals surface area contributed by atoms with Crippen molar-refractivity contribution in [3.8, 4) is 33.8 Å². The van der Waals surface area contributed by atoms with Crippen LogP contribution in [0.4, 0.5) is 0 Å². The number of benzene rings is 7. The average Bonchev–Trinajstić information content (AvgIpc) is 3.19. The Morgan fingerprint density at radius 1 is 0.431 bits per heavy atom. The fourth-order valence-corrected chi connectivity index (χ4v) is 9.99. The Labute approximate surface area is 302 Å². The molecule has 1 spiro atoms. The van der Waals surface area contributed by atoms with E-state index in [4.69, 9.17) is 9.97 Å². The number of nitrogens with zero attached hydrogens (tertiary/aromatic N) is 2. The number of hydrogen-bond acceptors (Lipinski definition) is 3. The van der Waals surface area contributed by atoms with Crippen LogP contribution in [0.5, 0.6) is 0 Å². The lowest BCUT2D eigenvalue weighted by Crippen LogP contribution is -2.43. The molecule has 0 amide bonds. The molecule has 242 valence electrons. The summed E-state index contributed by atoms with van der Waals surface area (Å²) in [6, 6.07) is 61.7. The van der Waals surface area contributed by atoms with E-state index in [1.54, 1.807) is 0 Å². The summed E-state index contributed by atoms with van der Waals surface area (Å²) in [5, 5.41) is 1.05. The van der Waals surface area contributed by atoms with Crippen molar-refractivity contribution < 1.29 is 0 Å². The van der Waals surface area contributed by atoms with Crippen molar-refractivity contribution in [2.75, 3.05) is 0 Å². The average molecular weight is 671 g/mol. The van der Waals surface area contributed by atoms with Crippen LogP contribution in [0.1, 0.15) is 47.2 Å². The quantitative estimate of drug-likeness (QED) is 0.187. The van der Waals surface area contributed by atoms with E-state index in [0.717, 1.165) is 33.5 Å². The van der Waals surface area contributed by atoms with E-state index in [1.165, 1.54) is 54.3 Å². The first-order valence-corrected chi connectivity index (χ1v) is 18.4. The van der Waals surface area contributed by atoms with Gasteiger partial charge in [0.25, 0.3) is 0 Å². The molecule has 0 saturated carbocycles. The predicted molar refractivity (Wildman–Crippen MR) is 210 cm³/mol. The maximum absolute atomic E-state index is 5.43. The van der Waals surface area contributed by atoms with Gasteiger partial charge in [0.05, 0.1) is 16.6 Å². The van der Waals surface area contributed by atoms with Crippen molar-refractivity contribution in [2.45, 2.75) is 34.5 Å². The highest BCUT2D eigenvalue weighted by Gasteiger charge is 2.52. The molecule has 1 aromatic heterocycles. The van der Waals surface area contributed by atoms with Gasteiger partial charge in [-0.25, -0.2) is 9.97 Å². The van der Waals surface area contributed by atoms with Gasteiger partial charge in [-0.05, 0) is 56.6 Å². The Balaban J connectivity index is 1.23. The summed E-state index contributed by atoms with van der Waals surface area (Å²) >= 11 is 1.85. The van der Waals surface area contributed by atoms with E-state index < -0.39 is 5.41 Å². The van der Waals surface area contributed by atoms with Crippen molar-refractivity contribution in [3.63, 3.8) is 0 Å². The Kier molecular flexibility index (Phi) is 6.71.